The van der Waals surface area contributed by atoms with Crippen molar-refractivity contribution in [3.05, 3.63) is 0 Å². The number of carbonyl (C=O) groups is 4. The van der Waals surface area contributed by atoms with Gasteiger partial charge in [-0.05, 0) is 12.8 Å². The maximum absolute atomic E-state index is 12.1. The zero-order valence-electron chi connectivity index (χ0n) is 19.9. The van der Waals surface area contributed by atoms with E-state index in [0.717, 1.165) is 0 Å². The number of hydrogen-bond acceptors (Lipinski definition) is 9. The molecule has 1 heterocycles. The molecule has 1 aliphatic heterocycles. The Hall–Kier alpha value is -1.93. The number of carboxylic acids is 4. The Balaban J connectivity index is 3.13. The molecule has 0 aliphatic carbocycles. The van der Waals surface area contributed by atoms with Crippen LogP contribution in [0.3, 0.4) is 0 Å². The first kappa shape index (κ1) is 30.1. The summed E-state index contributed by atoms with van der Waals surface area (Å²) in [5.74, 6) is -4.07. The van der Waals surface area contributed by atoms with Crippen molar-refractivity contribution in [1.29, 1.82) is 0 Å². The summed E-state index contributed by atoms with van der Waals surface area (Å²) in [6.45, 7) is 5.31. The summed E-state index contributed by atoms with van der Waals surface area (Å²) in [4.78, 5) is 52.8. The fourth-order valence-electron chi connectivity index (χ4n) is 3.86. The first-order chi connectivity index (χ1) is 15.8. The van der Waals surface area contributed by atoms with Gasteiger partial charge in [-0.2, -0.15) is 12.6 Å². The highest BCUT2D eigenvalue weighted by atomic mass is 32.1. The molecule has 0 aromatic heterocycles. The average Bonchev–Trinajstić information content (AvgIpc) is 2.67. The van der Waals surface area contributed by atoms with Gasteiger partial charge >= 0.3 is 23.9 Å². The predicted octanol–water partition coefficient (Wildman–Crippen LogP) is -0.596. The quantitative estimate of drug-likeness (QED) is 0.227. The van der Waals surface area contributed by atoms with Crippen molar-refractivity contribution in [2.75, 3.05) is 72.0 Å². The van der Waals surface area contributed by atoms with E-state index >= 15 is 0 Å². The maximum Gasteiger partial charge on any atom is 0.320 e. The molecule has 0 radical (unpaired) electrons. The van der Waals surface area contributed by atoms with Crippen molar-refractivity contribution in [2.45, 2.75) is 37.5 Å². The highest BCUT2D eigenvalue weighted by Gasteiger charge is 2.29. The van der Waals surface area contributed by atoms with Crippen LogP contribution in [0.4, 0.5) is 0 Å². The second-order valence-electron chi connectivity index (χ2n) is 9.25. The number of thiol groups is 1. The van der Waals surface area contributed by atoms with Crippen LogP contribution in [0.1, 0.15) is 26.7 Å². The molecule has 196 valence electrons. The predicted molar refractivity (Wildman–Crippen MR) is 128 cm³/mol. The molecule has 0 aromatic rings. The fraction of sp³-hybridized carbons (Fsp3) is 0.810. The molecule has 0 saturated carbocycles. The largest absolute Gasteiger partial charge is 0.480 e. The van der Waals surface area contributed by atoms with Gasteiger partial charge in [-0.3, -0.25) is 38.8 Å². The second-order valence-corrected chi connectivity index (χ2v) is 10.5. The van der Waals surface area contributed by atoms with Crippen molar-refractivity contribution in [3.63, 3.8) is 0 Å². The molecule has 0 spiro atoms. The molecule has 0 bridgehead atoms. The van der Waals surface area contributed by atoms with Crippen molar-refractivity contribution >= 4 is 36.5 Å². The number of carboxylic acid groups (broad SMARTS) is 4. The molecular formula is C21H38N4O8S. The Morgan fingerprint density at radius 2 is 1.03 bits per heavy atom. The van der Waals surface area contributed by atoms with Crippen molar-refractivity contribution < 1.29 is 39.6 Å². The molecule has 0 amide bonds. The van der Waals surface area contributed by atoms with Gasteiger partial charge in [0, 0.05) is 57.1 Å². The van der Waals surface area contributed by atoms with Crippen molar-refractivity contribution in [3.8, 4) is 0 Å². The van der Waals surface area contributed by atoms with E-state index in [0.29, 0.717) is 12.8 Å². The Labute approximate surface area is 205 Å². The summed E-state index contributed by atoms with van der Waals surface area (Å²) in [5.41, 5.74) is 0. The van der Waals surface area contributed by atoms with Gasteiger partial charge in [-0.15, -0.1) is 0 Å². The normalized spacial score (nSPS) is 19.6. The Bertz CT molecular complexity index is 671. The van der Waals surface area contributed by atoms with Crippen LogP contribution in [-0.4, -0.2) is 147 Å². The Kier molecular flexibility index (Phi) is 12.8. The van der Waals surface area contributed by atoms with Gasteiger partial charge in [0.2, 0.25) is 0 Å². The molecule has 13 heteroatoms. The van der Waals surface area contributed by atoms with E-state index in [4.69, 9.17) is 0 Å². The van der Waals surface area contributed by atoms with Crippen LogP contribution in [0.25, 0.3) is 0 Å². The van der Waals surface area contributed by atoms with Crippen LogP contribution in [0.15, 0.2) is 0 Å². The number of nitrogens with zero attached hydrogens (tertiary/aromatic N) is 4. The molecule has 12 nitrogen and oxygen atoms in total. The molecule has 1 saturated heterocycles. The zero-order chi connectivity index (χ0) is 25.9. The van der Waals surface area contributed by atoms with Crippen LogP contribution in [0.5, 0.6) is 0 Å². The number of aliphatic carboxylic acids is 4. The summed E-state index contributed by atoms with van der Waals surface area (Å²) < 4.78 is -0.363. The third kappa shape index (κ3) is 13.1. The highest BCUT2D eigenvalue weighted by Crippen LogP contribution is 2.22. The van der Waals surface area contributed by atoms with E-state index < -0.39 is 29.9 Å². The van der Waals surface area contributed by atoms with E-state index in [1.165, 1.54) is 0 Å². The van der Waals surface area contributed by atoms with E-state index in [1.807, 2.05) is 13.8 Å². The summed E-state index contributed by atoms with van der Waals surface area (Å²) >= 11 is 4.49. The fourth-order valence-corrected chi connectivity index (χ4v) is 3.99. The maximum atomic E-state index is 12.1. The Morgan fingerprint density at radius 1 is 0.706 bits per heavy atom. The molecule has 1 atom stereocenters. The van der Waals surface area contributed by atoms with Crippen LogP contribution in [0, 0.1) is 0 Å². The van der Waals surface area contributed by atoms with Gasteiger partial charge in [0.05, 0.1) is 19.6 Å². The number of hydrogen-bond donors (Lipinski definition) is 5. The SMILES string of the molecule is CC(C)(S)CCC(C(=O)O)N1CCN(CC(=O)O)CCN(CC(=O)O)CCN(CC(=O)O)CC1. The van der Waals surface area contributed by atoms with E-state index in [1.54, 1.807) is 19.6 Å². The standard InChI is InChI=1S/C21H38N4O8S/c1-21(2,34)4-3-16(20(32)33)25-11-9-23(14-18(28)29)7-5-22(13-17(26)27)6-8-24(10-12-25)15-19(30)31/h16,34H,3-15H2,1-2H3,(H,26,27)(H,28,29)(H,30,31)(H,32,33). The Morgan fingerprint density at radius 3 is 1.29 bits per heavy atom. The third-order valence-corrected chi connectivity index (χ3v) is 5.93. The average molecular weight is 507 g/mol. The number of rotatable bonds is 11. The van der Waals surface area contributed by atoms with Crippen LogP contribution >= 0.6 is 12.6 Å². The molecule has 1 fully saturated rings. The lowest BCUT2D eigenvalue weighted by Crippen LogP contribution is -2.52. The van der Waals surface area contributed by atoms with Crippen molar-refractivity contribution in [1.82, 2.24) is 19.6 Å². The molecular weight excluding hydrogens is 468 g/mol. The van der Waals surface area contributed by atoms with Gasteiger partial charge in [-0.25, -0.2) is 0 Å². The lowest BCUT2D eigenvalue weighted by atomic mass is 10.0. The summed E-state index contributed by atoms with van der Waals surface area (Å²) in [5, 5.41) is 37.7. The van der Waals surface area contributed by atoms with Gasteiger partial charge in [0.1, 0.15) is 6.04 Å². The lowest BCUT2D eigenvalue weighted by molar-refractivity contribution is -0.145. The smallest absolute Gasteiger partial charge is 0.320 e. The van der Waals surface area contributed by atoms with Gasteiger partial charge in [-0.1, -0.05) is 13.8 Å². The lowest BCUT2D eigenvalue weighted by Gasteiger charge is -2.36. The summed E-state index contributed by atoms with van der Waals surface area (Å²) in [6.07, 6.45) is 0.890. The van der Waals surface area contributed by atoms with Gasteiger partial charge in [0.15, 0.2) is 0 Å². The second kappa shape index (κ2) is 14.5. The zero-order valence-corrected chi connectivity index (χ0v) is 20.8. The third-order valence-electron chi connectivity index (χ3n) is 5.70. The monoisotopic (exact) mass is 506 g/mol. The molecule has 1 aliphatic rings. The first-order valence-electron chi connectivity index (χ1n) is 11.3. The van der Waals surface area contributed by atoms with Crippen molar-refractivity contribution in [2.24, 2.45) is 0 Å². The molecule has 0 aromatic carbocycles. The van der Waals surface area contributed by atoms with Crippen LogP contribution in [0.2, 0.25) is 0 Å². The molecule has 1 unspecified atom stereocenters. The van der Waals surface area contributed by atoms with Gasteiger partial charge in [0.25, 0.3) is 0 Å². The molecule has 1 rings (SSSR count). The minimum atomic E-state index is -1.03. The van der Waals surface area contributed by atoms with E-state index in [2.05, 4.69) is 12.6 Å². The minimum Gasteiger partial charge on any atom is -0.480 e. The molecule has 4 N–H and O–H groups in total. The highest BCUT2D eigenvalue weighted by molar-refractivity contribution is 7.81. The minimum absolute atomic E-state index is 0.242. The molecule has 34 heavy (non-hydrogen) atoms. The van der Waals surface area contributed by atoms with Gasteiger partial charge < -0.3 is 20.4 Å². The van der Waals surface area contributed by atoms with Crippen LogP contribution < -0.4 is 0 Å². The van der Waals surface area contributed by atoms with Crippen LogP contribution in [-0.2, 0) is 19.2 Å². The first-order valence-corrected chi connectivity index (χ1v) is 11.7. The summed E-state index contributed by atoms with van der Waals surface area (Å²) in [7, 11) is 0. The summed E-state index contributed by atoms with van der Waals surface area (Å²) in [6, 6.07) is -0.823. The van der Waals surface area contributed by atoms with E-state index in [9.17, 15) is 39.6 Å². The topological polar surface area (TPSA) is 162 Å². The van der Waals surface area contributed by atoms with E-state index in [-0.39, 0.29) is 76.7 Å².